The summed E-state index contributed by atoms with van der Waals surface area (Å²) in [6, 6.07) is 0. The van der Waals surface area contributed by atoms with E-state index in [-0.39, 0.29) is 6.20 Å². The largest absolute Gasteiger partial charge is 0.573 e. The van der Waals surface area contributed by atoms with Crippen molar-refractivity contribution in [3.63, 3.8) is 0 Å². The predicted octanol–water partition coefficient (Wildman–Crippen LogP) is 3.48. The molecule has 0 N–H and O–H groups in total. The van der Waals surface area contributed by atoms with Gasteiger partial charge in [0, 0.05) is 0 Å². The van der Waals surface area contributed by atoms with Crippen molar-refractivity contribution in [1.82, 2.24) is 4.98 Å². The number of hydrogen-bond acceptors (Lipinski definition) is 4. The Balaban J connectivity index is 3.44. The molecule has 0 aliphatic rings. The van der Waals surface area contributed by atoms with Crippen LogP contribution in [0.4, 0.5) is 27.6 Å². The van der Waals surface area contributed by atoms with E-state index in [1.165, 1.54) is 0 Å². The van der Waals surface area contributed by atoms with E-state index in [1.54, 1.807) is 0 Å². The number of pyridine rings is 1. The Bertz CT molecular complexity index is 479. The molecule has 0 saturated heterocycles. The number of alkyl halides is 5. The lowest BCUT2D eigenvalue weighted by Gasteiger charge is -2.11. The number of ether oxygens (including phenoxy) is 1. The zero-order valence-corrected chi connectivity index (χ0v) is 8.80. The van der Waals surface area contributed by atoms with Crippen LogP contribution in [0.15, 0.2) is 6.20 Å². The molecule has 0 aliphatic carbocycles. The fourth-order valence-corrected chi connectivity index (χ4v) is 1.28. The van der Waals surface area contributed by atoms with Gasteiger partial charge in [0.05, 0.1) is 11.1 Å². The number of nitrogens with zero attached hydrogens (tertiary/aromatic N) is 2. The summed E-state index contributed by atoms with van der Waals surface area (Å²) in [6.45, 7) is 0. The molecular formula is C7H2ClF5N2O3. The Morgan fingerprint density at radius 2 is 2.00 bits per heavy atom. The van der Waals surface area contributed by atoms with Crippen molar-refractivity contribution in [2.24, 2.45) is 0 Å². The van der Waals surface area contributed by atoms with Crippen LogP contribution in [0, 0.1) is 10.1 Å². The molecule has 0 saturated carbocycles. The summed E-state index contributed by atoms with van der Waals surface area (Å²) in [5.41, 5.74) is -2.99. The zero-order valence-electron chi connectivity index (χ0n) is 8.04. The van der Waals surface area contributed by atoms with E-state index < -0.39 is 39.9 Å². The van der Waals surface area contributed by atoms with Crippen LogP contribution in [0.2, 0.25) is 5.15 Å². The van der Waals surface area contributed by atoms with Crippen LogP contribution in [-0.4, -0.2) is 16.3 Å². The third-order valence-electron chi connectivity index (χ3n) is 1.63. The second-order valence-corrected chi connectivity index (χ2v) is 3.14. The Kier molecular flexibility index (Phi) is 3.89. The summed E-state index contributed by atoms with van der Waals surface area (Å²) < 4.78 is 64.0. The first-order valence-electron chi connectivity index (χ1n) is 4.00. The normalized spacial score (nSPS) is 11.7. The van der Waals surface area contributed by atoms with Gasteiger partial charge < -0.3 is 4.74 Å². The minimum Gasteiger partial charge on any atom is -0.397 e. The first-order chi connectivity index (χ1) is 8.13. The van der Waals surface area contributed by atoms with Gasteiger partial charge >= 0.3 is 12.0 Å². The molecule has 1 aromatic rings. The summed E-state index contributed by atoms with van der Waals surface area (Å²) in [7, 11) is 0. The van der Waals surface area contributed by atoms with Crippen molar-refractivity contribution in [1.29, 1.82) is 0 Å². The van der Waals surface area contributed by atoms with E-state index in [0.717, 1.165) is 0 Å². The smallest absolute Gasteiger partial charge is 0.397 e. The maximum atomic E-state index is 12.5. The van der Waals surface area contributed by atoms with Gasteiger partial charge in [-0.2, -0.15) is 0 Å². The van der Waals surface area contributed by atoms with Crippen molar-refractivity contribution in [2.75, 3.05) is 0 Å². The molecule has 0 aliphatic heterocycles. The van der Waals surface area contributed by atoms with Gasteiger partial charge in [-0.25, -0.2) is 13.8 Å². The quantitative estimate of drug-likeness (QED) is 0.370. The van der Waals surface area contributed by atoms with Crippen LogP contribution in [0.25, 0.3) is 0 Å². The monoisotopic (exact) mass is 292 g/mol. The molecule has 100 valence electrons. The van der Waals surface area contributed by atoms with Crippen molar-refractivity contribution in [3.05, 3.63) is 27.0 Å². The Morgan fingerprint density at radius 3 is 2.39 bits per heavy atom. The first kappa shape index (κ1) is 14.4. The summed E-state index contributed by atoms with van der Waals surface area (Å²) in [5.74, 6) is -1.45. The number of rotatable bonds is 3. The highest BCUT2D eigenvalue weighted by Crippen LogP contribution is 2.41. The maximum absolute atomic E-state index is 12.5. The molecule has 0 aromatic carbocycles. The second kappa shape index (κ2) is 4.88. The molecule has 18 heavy (non-hydrogen) atoms. The molecule has 5 nitrogen and oxygen atoms in total. The van der Waals surface area contributed by atoms with Crippen LogP contribution in [0.5, 0.6) is 5.75 Å². The summed E-state index contributed by atoms with van der Waals surface area (Å²) in [5, 5.41) is 9.56. The lowest BCUT2D eigenvalue weighted by molar-refractivity contribution is -0.390. The van der Waals surface area contributed by atoms with Crippen LogP contribution < -0.4 is 4.74 Å². The topological polar surface area (TPSA) is 65.3 Å². The van der Waals surface area contributed by atoms with Crippen LogP contribution in [0.1, 0.15) is 12.0 Å². The van der Waals surface area contributed by atoms with E-state index in [0.29, 0.717) is 0 Å². The van der Waals surface area contributed by atoms with Gasteiger partial charge in [0.15, 0.2) is 0 Å². The van der Waals surface area contributed by atoms with E-state index in [1.807, 2.05) is 0 Å². The van der Waals surface area contributed by atoms with E-state index >= 15 is 0 Å². The molecule has 1 heterocycles. The zero-order chi connectivity index (χ0) is 14.1. The lowest BCUT2D eigenvalue weighted by Crippen LogP contribution is -2.18. The summed E-state index contributed by atoms with van der Waals surface area (Å²) in [4.78, 5) is 12.1. The second-order valence-electron chi connectivity index (χ2n) is 2.78. The molecule has 11 heteroatoms. The first-order valence-corrected chi connectivity index (χ1v) is 4.38. The fourth-order valence-electron chi connectivity index (χ4n) is 1.06. The van der Waals surface area contributed by atoms with Gasteiger partial charge in [-0.15, -0.1) is 13.2 Å². The average molecular weight is 293 g/mol. The van der Waals surface area contributed by atoms with Crippen molar-refractivity contribution in [3.8, 4) is 5.75 Å². The van der Waals surface area contributed by atoms with Crippen LogP contribution in [-0.2, 0) is 0 Å². The van der Waals surface area contributed by atoms with E-state index in [2.05, 4.69) is 9.72 Å². The van der Waals surface area contributed by atoms with Crippen LogP contribution >= 0.6 is 11.6 Å². The number of aromatic nitrogens is 1. The number of nitro groups is 1. The molecule has 0 bridgehead atoms. The van der Waals surface area contributed by atoms with E-state index in [9.17, 15) is 32.1 Å². The van der Waals surface area contributed by atoms with Gasteiger partial charge in [-0.05, 0) is 0 Å². The lowest BCUT2D eigenvalue weighted by atomic mass is 10.2. The number of halogens is 6. The van der Waals surface area contributed by atoms with Crippen molar-refractivity contribution >= 4 is 17.3 Å². The molecular weight excluding hydrogens is 291 g/mol. The maximum Gasteiger partial charge on any atom is 0.573 e. The number of hydrogen-bond donors (Lipinski definition) is 0. The fraction of sp³-hybridized carbons (Fsp3) is 0.286. The third-order valence-corrected chi connectivity index (χ3v) is 1.93. The van der Waals surface area contributed by atoms with Gasteiger partial charge in [0.1, 0.15) is 10.7 Å². The summed E-state index contributed by atoms with van der Waals surface area (Å²) >= 11 is 5.18. The summed E-state index contributed by atoms with van der Waals surface area (Å²) in [6.07, 6.45) is -8.50. The molecule has 0 unspecified atom stereocenters. The highest BCUT2D eigenvalue weighted by Gasteiger charge is 2.38. The van der Waals surface area contributed by atoms with Gasteiger partial charge in [0.25, 0.3) is 6.43 Å². The standard InChI is InChI=1S/C7H2ClF5N2O3/c8-5-3(6(9)10)4(15(16)17)2(1-14-5)18-7(11,12)13/h1,6H. The minimum absolute atomic E-state index is 0.250. The third kappa shape index (κ3) is 3.15. The van der Waals surface area contributed by atoms with Gasteiger partial charge in [0.2, 0.25) is 5.75 Å². The van der Waals surface area contributed by atoms with E-state index in [4.69, 9.17) is 11.6 Å². The highest BCUT2D eigenvalue weighted by atomic mass is 35.5. The Hall–Kier alpha value is -1.71. The molecule has 1 rings (SSSR count). The van der Waals surface area contributed by atoms with Crippen molar-refractivity contribution < 1.29 is 31.6 Å². The molecule has 0 spiro atoms. The van der Waals surface area contributed by atoms with Gasteiger partial charge in [-0.1, -0.05) is 11.6 Å². The SMILES string of the molecule is O=[N+]([O-])c1c(OC(F)(F)F)cnc(Cl)c1C(F)F. The van der Waals surface area contributed by atoms with Crippen LogP contribution in [0.3, 0.4) is 0 Å². The Morgan fingerprint density at radius 1 is 1.44 bits per heavy atom. The molecule has 0 atom stereocenters. The molecule has 0 radical (unpaired) electrons. The average Bonchev–Trinajstić information content (AvgIpc) is 2.17. The molecule has 0 amide bonds. The minimum atomic E-state index is -5.28. The Labute approximate surface area is 100 Å². The molecule has 1 aromatic heterocycles. The highest BCUT2D eigenvalue weighted by molar-refractivity contribution is 6.30. The van der Waals surface area contributed by atoms with Crippen molar-refractivity contribution in [2.45, 2.75) is 12.8 Å². The predicted molar refractivity (Wildman–Crippen MR) is 47.5 cm³/mol. The molecule has 0 fully saturated rings. The van der Waals surface area contributed by atoms with Gasteiger partial charge in [-0.3, -0.25) is 10.1 Å².